The molecule has 3 aromatic rings. The number of aromatic nitrogens is 3. The number of rotatable bonds is 2. The molecule has 0 radical (unpaired) electrons. The van der Waals surface area contributed by atoms with Gasteiger partial charge in [-0.25, -0.2) is 0 Å². The maximum Gasteiger partial charge on any atom is 0.408 e. The highest BCUT2D eigenvalue weighted by atomic mass is 19.4. The van der Waals surface area contributed by atoms with Gasteiger partial charge in [-0.3, -0.25) is 4.90 Å². The molecule has 3 heterocycles. The van der Waals surface area contributed by atoms with Gasteiger partial charge in [-0.05, 0) is 32.0 Å². The Balaban J connectivity index is 1.94. The summed E-state index contributed by atoms with van der Waals surface area (Å²) in [6, 6.07) is 6.20. The fourth-order valence-corrected chi connectivity index (χ4v) is 3.84. The lowest BCUT2D eigenvalue weighted by Crippen LogP contribution is -2.46. The van der Waals surface area contributed by atoms with Crippen LogP contribution >= 0.6 is 0 Å². The second-order valence-corrected chi connectivity index (χ2v) is 7.05. The Kier molecular flexibility index (Phi) is 4.10. The van der Waals surface area contributed by atoms with Crippen LogP contribution in [0.5, 0.6) is 5.75 Å². The van der Waals surface area contributed by atoms with Gasteiger partial charge in [0.15, 0.2) is 5.65 Å². The Morgan fingerprint density at radius 3 is 2.63 bits per heavy atom. The molecule has 4 rings (SSSR count). The third-order valence-corrected chi connectivity index (χ3v) is 5.06. The molecule has 1 aliphatic rings. The topological polar surface area (TPSA) is 65.0 Å². The highest BCUT2D eigenvalue weighted by Gasteiger charge is 2.49. The second kappa shape index (κ2) is 6.23. The number of hydrogen-bond donors (Lipinski definition) is 2. The maximum absolute atomic E-state index is 14.0. The molecule has 0 saturated heterocycles. The van der Waals surface area contributed by atoms with E-state index in [2.05, 4.69) is 15.2 Å². The molecule has 8 heteroatoms. The quantitative estimate of drug-likeness (QED) is 0.704. The van der Waals surface area contributed by atoms with Gasteiger partial charge in [0.25, 0.3) is 0 Å². The van der Waals surface area contributed by atoms with E-state index in [9.17, 15) is 18.3 Å². The molecule has 142 valence electrons. The van der Waals surface area contributed by atoms with Gasteiger partial charge in [-0.15, -0.1) is 10.2 Å². The minimum atomic E-state index is -4.41. The first kappa shape index (κ1) is 17.8. The number of benzene rings is 1. The standard InChI is InChI=1S/C19H19F3N4O/c1-10(2)26-8-7-13-16(17(26)19(20,21)22)12-9-14(24-25-18(12)23-13)11-5-3-4-6-15(11)27/h3-6,9-10,17,27H,7-8H2,1-2H3,(H,23,25)/t17-/m1/s1. The van der Waals surface area contributed by atoms with Crippen molar-refractivity contribution in [3.63, 3.8) is 0 Å². The van der Waals surface area contributed by atoms with Crippen molar-refractivity contribution in [3.8, 4) is 17.0 Å². The third kappa shape index (κ3) is 2.93. The molecule has 0 amide bonds. The van der Waals surface area contributed by atoms with Crippen molar-refractivity contribution >= 4 is 11.0 Å². The summed E-state index contributed by atoms with van der Waals surface area (Å²) in [6.45, 7) is 3.86. The van der Waals surface area contributed by atoms with Crippen LogP contribution in [0.3, 0.4) is 0 Å². The Labute approximate surface area is 153 Å². The minimum absolute atomic E-state index is 0.00623. The molecule has 2 N–H and O–H groups in total. The van der Waals surface area contributed by atoms with Crippen LogP contribution in [0.4, 0.5) is 13.2 Å². The number of phenols is 1. The largest absolute Gasteiger partial charge is 0.507 e. The number of hydrogen-bond acceptors (Lipinski definition) is 4. The molecule has 1 atom stereocenters. The molecule has 1 aliphatic heterocycles. The molecule has 0 bridgehead atoms. The molecule has 0 aliphatic carbocycles. The third-order valence-electron chi connectivity index (χ3n) is 5.06. The van der Waals surface area contributed by atoms with Crippen molar-refractivity contribution in [1.29, 1.82) is 0 Å². The van der Waals surface area contributed by atoms with E-state index in [1.807, 2.05) is 0 Å². The highest BCUT2D eigenvalue weighted by Crippen LogP contribution is 2.46. The lowest BCUT2D eigenvalue weighted by atomic mass is 9.94. The molecule has 2 aromatic heterocycles. The number of aromatic amines is 1. The number of nitrogens with one attached hydrogen (secondary N) is 1. The van der Waals surface area contributed by atoms with E-state index in [-0.39, 0.29) is 17.4 Å². The van der Waals surface area contributed by atoms with Crippen LogP contribution in [-0.2, 0) is 6.42 Å². The first-order valence-electron chi connectivity index (χ1n) is 8.76. The first-order chi connectivity index (χ1) is 12.8. The van der Waals surface area contributed by atoms with Gasteiger partial charge < -0.3 is 10.1 Å². The SMILES string of the molecule is CC(C)N1CCc2[nH]c3nnc(-c4ccccc4O)cc3c2[C@@H]1C(F)(F)F. The van der Waals surface area contributed by atoms with Crippen LogP contribution < -0.4 is 0 Å². The van der Waals surface area contributed by atoms with E-state index in [1.165, 1.54) is 11.0 Å². The fourth-order valence-electron chi connectivity index (χ4n) is 3.84. The average molecular weight is 376 g/mol. The van der Waals surface area contributed by atoms with E-state index in [1.54, 1.807) is 38.1 Å². The maximum atomic E-state index is 14.0. The molecule has 0 fully saturated rings. The normalized spacial score (nSPS) is 18.2. The van der Waals surface area contributed by atoms with Gasteiger partial charge in [0.2, 0.25) is 0 Å². The number of halogens is 3. The lowest BCUT2D eigenvalue weighted by Gasteiger charge is -2.39. The van der Waals surface area contributed by atoms with Crippen molar-refractivity contribution < 1.29 is 18.3 Å². The zero-order chi connectivity index (χ0) is 19.3. The van der Waals surface area contributed by atoms with Crippen LogP contribution in [0, 0.1) is 0 Å². The highest BCUT2D eigenvalue weighted by molar-refractivity contribution is 5.86. The molecule has 0 saturated carbocycles. The van der Waals surface area contributed by atoms with Crippen LogP contribution in [0.25, 0.3) is 22.3 Å². The van der Waals surface area contributed by atoms with Crippen molar-refractivity contribution in [2.75, 3.05) is 6.54 Å². The minimum Gasteiger partial charge on any atom is -0.507 e. The van der Waals surface area contributed by atoms with Gasteiger partial charge in [0.1, 0.15) is 11.8 Å². The number of phenolic OH excluding ortho intramolecular Hbond substituents is 1. The summed E-state index contributed by atoms with van der Waals surface area (Å²) in [5.41, 5.74) is 1.86. The summed E-state index contributed by atoms with van der Waals surface area (Å²) in [7, 11) is 0. The van der Waals surface area contributed by atoms with E-state index < -0.39 is 12.2 Å². The Morgan fingerprint density at radius 2 is 1.96 bits per heavy atom. The predicted molar refractivity (Wildman–Crippen MR) is 95.3 cm³/mol. The summed E-state index contributed by atoms with van der Waals surface area (Å²) in [4.78, 5) is 4.48. The first-order valence-corrected chi connectivity index (χ1v) is 8.76. The molecule has 0 unspecified atom stereocenters. The zero-order valence-corrected chi connectivity index (χ0v) is 14.9. The molecular weight excluding hydrogens is 357 g/mol. The average Bonchev–Trinajstić information content (AvgIpc) is 2.98. The van der Waals surface area contributed by atoms with Crippen LogP contribution in [-0.4, -0.2) is 44.0 Å². The summed E-state index contributed by atoms with van der Waals surface area (Å²) >= 11 is 0. The number of fused-ring (bicyclic) bond motifs is 3. The fraction of sp³-hybridized carbons (Fsp3) is 0.368. The van der Waals surface area contributed by atoms with Gasteiger partial charge in [0, 0.05) is 41.2 Å². The number of aromatic hydroxyl groups is 1. The van der Waals surface area contributed by atoms with Gasteiger partial charge in [-0.2, -0.15) is 13.2 Å². The van der Waals surface area contributed by atoms with Crippen molar-refractivity contribution in [3.05, 3.63) is 41.6 Å². The Hall–Kier alpha value is -2.61. The molecule has 27 heavy (non-hydrogen) atoms. The predicted octanol–water partition coefficient (Wildman–Crippen LogP) is 4.20. The molecule has 5 nitrogen and oxygen atoms in total. The van der Waals surface area contributed by atoms with E-state index in [4.69, 9.17) is 0 Å². The van der Waals surface area contributed by atoms with E-state index in [0.717, 1.165) is 0 Å². The Bertz CT molecular complexity index is 996. The summed E-state index contributed by atoms with van der Waals surface area (Å²) in [6.07, 6.45) is -3.92. The smallest absolute Gasteiger partial charge is 0.408 e. The molecule has 1 aromatic carbocycles. The van der Waals surface area contributed by atoms with Crippen molar-refractivity contribution in [2.24, 2.45) is 0 Å². The molecular formula is C19H19F3N4O. The summed E-state index contributed by atoms with van der Waals surface area (Å²) in [5, 5.41) is 18.6. The number of alkyl halides is 3. The second-order valence-electron chi connectivity index (χ2n) is 7.05. The van der Waals surface area contributed by atoms with E-state index in [0.29, 0.717) is 41.0 Å². The lowest BCUT2D eigenvalue weighted by molar-refractivity contribution is -0.193. The Morgan fingerprint density at radius 1 is 1.22 bits per heavy atom. The zero-order valence-electron chi connectivity index (χ0n) is 14.9. The number of H-pyrrole nitrogens is 1. The summed E-state index contributed by atoms with van der Waals surface area (Å²) < 4.78 is 42.0. The number of nitrogens with zero attached hydrogens (tertiary/aromatic N) is 3. The number of para-hydroxylation sites is 1. The van der Waals surface area contributed by atoms with Gasteiger partial charge in [-0.1, -0.05) is 12.1 Å². The van der Waals surface area contributed by atoms with Crippen LogP contribution in [0.1, 0.15) is 31.1 Å². The van der Waals surface area contributed by atoms with Crippen molar-refractivity contribution in [2.45, 2.75) is 38.5 Å². The van der Waals surface area contributed by atoms with E-state index >= 15 is 0 Å². The van der Waals surface area contributed by atoms with Crippen LogP contribution in [0.15, 0.2) is 30.3 Å². The molecule has 0 spiro atoms. The summed E-state index contributed by atoms with van der Waals surface area (Å²) in [5.74, 6) is 0.00623. The van der Waals surface area contributed by atoms with Gasteiger partial charge >= 0.3 is 6.18 Å². The monoisotopic (exact) mass is 376 g/mol. The van der Waals surface area contributed by atoms with Crippen molar-refractivity contribution in [1.82, 2.24) is 20.1 Å². The van der Waals surface area contributed by atoms with Gasteiger partial charge in [0.05, 0.1) is 5.69 Å². The van der Waals surface area contributed by atoms with Crippen LogP contribution in [0.2, 0.25) is 0 Å².